The Morgan fingerprint density at radius 3 is 1.77 bits per heavy atom. The van der Waals surface area contributed by atoms with Gasteiger partial charge in [-0.2, -0.15) is 23.8 Å². The number of carbonyl (C=O) groups is 2. The number of esters is 1. The van der Waals surface area contributed by atoms with E-state index in [4.69, 9.17) is 13.7 Å². The molecule has 2 aliphatic rings. The number of nitro groups is 2. The average Bonchev–Trinajstić information content (AvgIpc) is 0.747. The van der Waals surface area contributed by atoms with Crippen molar-refractivity contribution >= 4 is 88.8 Å². The molecule has 0 fully saturated rings. The number of para-hydroxylation sites is 2. The Morgan fingerprint density at radius 1 is 0.696 bits per heavy atom. The molecule has 0 unspecified atom stereocenters. The molecule has 0 saturated heterocycles. The van der Waals surface area contributed by atoms with Crippen LogP contribution in [0.5, 0.6) is 11.5 Å². The number of aryl methyl sites for hydroxylation is 2. The molecule has 29 nitrogen and oxygen atoms in total. The molecule has 0 aromatic heterocycles. The van der Waals surface area contributed by atoms with Crippen molar-refractivity contribution in [3.8, 4) is 33.9 Å². The van der Waals surface area contributed by atoms with Gasteiger partial charge in [0, 0.05) is 76.2 Å². The summed E-state index contributed by atoms with van der Waals surface area (Å²) in [6.45, 7) is 14.1. The third kappa shape index (κ3) is 18.2. The van der Waals surface area contributed by atoms with E-state index in [1.807, 2.05) is 31.2 Å². The second-order valence-corrected chi connectivity index (χ2v) is 21.7. The topological polar surface area (TPSA) is 469 Å². The monoisotopic (exact) mass is 1330 g/mol. The molecule has 0 bridgehead atoms. The first-order chi connectivity index (χ1) is 43.0. The number of ether oxygens (including phenoxy) is 1. The number of non-ortho nitro benzene ring substituents is 2. The van der Waals surface area contributed by atoms with Gasteiger partial charge in [0.15, 0.2) is 0 Å². The third-order valence-electron chi connectivity index (χ3n) is 12.5. The van der Waals surface area contributed by atoms with Crippen molar-refractivity contribution in [2.45, 2.75) is 58.3 Å². The van der Waals surface area contributed by atoms with Crippen LogP contribution in [0.3, 0.4) is 0 Å². The van der Waals surface area contributed by atoms with Gasteiger partial charge in [0.2, 0.25) is 5.36 Å². The van der Waals surface area contributed by atoms with E-state index in [-0.39, 0.29) is 35.1 Å². The van der Waals surface area contributed by atoms with Crippen molar-refractivity contribution in [3.05, 3.63) is 199 Å². The van der Waals surface area contributed by atoms with Crippen LogP contribution in [-0.4, -0.2) is 73.3 Å². The summed E-state index contributed by atoms with van der Waals surface area (Å²) in [6.07, 6.45) is 0. The Balaban J connectivity index is 0.000000250. The standard InChI is InChI=1S/C28H30N2O3.2C16H14N4O8S.Cr/c1-6-29-23-15-25-21(13-17(23)4)27(19-11-9-10-12-20(19)28(31)32-8-3)22-14-18(5)24(30-7-2)16-26(22)33-25;2*1-9(21)14(16(23)17-10-5-3-2-4-6-10)19-18-12-7-11(20(24)25)8-13(15(12)22)29(26,27)28;/h9-16,29H,6-8H2,1-5H3;2*2-8,21-22H,1H3,(H,17,23)(H,26,27,28);/q;;;+3/p-5. The number of benzene rings is 7. The van der Waals surface area contributed by atoms with Crippen molar-refractivity contribution in [2.24, 2.45) is 25.4 Å². The molecule has 0 spiro atoms. The van der Waals surface area contributed by atoms with Crippen LogP contribution in [0, 0.1) is 34.1 Å². The summed E-state index contributed by atoms with van der Waals surface area (Å²) >= 11 is 0. The van der Waals surface area contributed by atoms with E-state index in [1.165, 1.54) is 24.3 Å². The summed E-state index contributed by atoms with van der Waals surface area (Å²) < 4.78 is 76.9. The molecule has 6 aromatic rings. The molecule has 1 heterocycles. The zero-order valence-corrected chi connectivity index (χ0v) is 52.4. The van der Waals surface area contributed by atoms with Gasteiger partial charge in [-0.25, -0.2) is 18.2 Å². The second-order valence-electron chi connectivity index (χ2n) is 18.9. The van der Waals surface area contributed by atoms with E-state index in [2.05, 4.69) is 93.0 Å². The van der Waals surface area contributed by atoms with Crippen LogP contribution in [0.4, 0.5) is 39.8 Å². The fraction of sp³-hybridized carbons (Fsp3) is 0.167. The van der Waals surface area contributed by atoms with Gasteiger partial charge in [-0.1, -0.05) is 79.9 Å². The maximum atomic E-state index is 12.9. The summed E-state index contributed by atoms with van der Waals surface area (Å²) in [4.78, 5) is 49.2. The van der Waals surface area contributed by atoms with Crippen molar-refractivity contribution in [3.63, 3.8) is 0 Å². The minimum atomic E-state index is -5.35. The third-order valence-corrected chi connectivity index (χ3v) is 14.2. The second kappa shape index (κ2) is 31.6. The van der Waals surface area contributed by atoms with Gasteiger partial charge in [-0.3, -0.25) is 34.6 Å². The Bertz CT molecular complexity index is 4550. The fourth-order valence-corrected chi connectivity index (χ4v) is 9.56. The predicted molar refractivity (Wildman–Crippen MR) is 318 cm³/mol. The number of nitrogens with zero attached hydrogens (tertiary/aromatic N) is 7. The van der Waals surface area contributed by atoms with E-state index in [9.17, 15) is 76.7 Å². The molecule has 0 saturated carbocycles. The number of anilines is 2. The van der Waals surface area contributed by atoms with E-state index < -0.39 is 109 Å². The quantitative estimate of drug-likeness (QED) is 0.00731. The summed E-state index contributed by atoms with van der Waals surface area (Å²) in [6, 6.07) is 33.6. The number of aliphatic imine (C=N–C) groups is 1. The van der Waals surface area contributed by atoms with Gasteiger partial charge in [-0.05, 0) is 88.2 Å². The predicted octanol–water partition coefficient (Wildman–Crippen LogP) is 6.00. The number of hydrogen-bond acceptors (Lipinski definition) is 24. The average molecular weight is 1330 g/mol. The number of fused-ring (bicyclic) bond motifs is 2. The van der Waals surface area contributed by atoms with Crippen molar-refractivity contribution in [2.75, 3.05) is 30.3 Å². The molecular formula is C60H53CrN10O19S2-2. The minimum absolute atomic E-state index is 0. The van der Waals surface area contributed by atoms with Crippen LogP contribution in [0.15, 0.2) is 196 Å². The number of azo groups is 2. The van der Waals surface area contributed by atoms with E-state index in [1.54, 1.807) is 36.4 Å². The number of rotatable bonds is 18. The van der Waals surface area contributed by atoms with Crippen LogP contribution in [0.1, 0.15) is 56.1 Å². The van der Waals surface area contributed by atoms with Crippen molar-refractivity contribution in [1.29, 1.82) is 0 Å². The van der Waals surface area contributed by atoms with Crippen LogP contribution in [0.2, 0.25) is 0 Å². The number of amides is 1. The summed E-state index contributed by atoms with van der Waals surface area (Å²) in [5.41, 5.74) is 2.79. The summed E-state index contributed by atoms with van der Waals surface area (Å²) in [5, 5.41) is 103. The van der Waals surface area contributed by atoms with Crippen LogP contribution >= 0.6 is 0 Å². The number of allylic oxidation sites excluding steroid dienone is 2. The van der Waals surface area contributed by atoms with E-state index in [0.717, 1.165) is 82.5 Å². The largest absolute Gasteiger partial charge is 3.00 e. The molecule has 1 aliphatic heterocycles. The Morgan fingerprint density at radius 2 is 1.24 bits per heavy atom. The first kappa shape index (κ1) is 72.0. The smallest absolute Gasteiger partial charge is 0.874 e. The molecule has 477 valence electrons. The normalized spacial score (nSPS) is 12.4. The molecule has 32 heteroatoms. The fourth-order valence-electron chi connectivity index (χ4n) is 8.35. The van der Waals surface area contributed by atoms with Crippen LogP contribution in [-0.2, 0) is 47.1 Å². The minimum Gasteiger partial charge on any atom is -0.874 e. The Kier molecular flexibility index (Phi) is 24.7. The Labute approximate surface area is 535 Å². The van der Waals surface area contributed by atoms with Crippen molar-refractivity contribution < 1.29 is 102 Å². The molecule has 92 heavy (non-hydrogen) atoms. The zero-order valence-electron chi connectivity index (χ0n) is 49.5. The number of carbonyl (C=O) groups excluding carboxylic acids is 2. The SMILES string of the molecule is CC([O-])=C(N=Nc1cc([N+](=O)[O-])cc(S(=O)(=O)O)c1[O-])C(=O)Nc1ccccc1.CC([O-])=C(N=Nc1cc([N+](=O)[O-])cc(S(=O)(=O)[O-])c1[O-])C([O-])=Nc1ccccc1.CCNc1cc2oc3cc(=[NH+]CC)c(C)cc-3c(-c3ccccc3C(=O)OCC)c2cc1C.[Cr+3]. The molecular weight excluding hydrogens is 1280 g/mol. The van der Waals surface area contributed by atoms with E-state index in [0.29, 0.717) is 36.1 Å². The van der Waals surface area contributed by atoms with Gasteiger partial charge in [0.25, 0.3) is 27.4 Å². The van der Waals surface area contributed by atoms with Gasteiger partial charge in [0.1, 0.15) is 33.7 Å². The first-order valence-corrected chi connectivity index (χ1v) is 29.6. The maximum Gasteiger partial charge on any atom is 3.00 e. The summed E-state index contributed by atoms with van der Waals surface area (Å²) in [7, 11) is -10.4. The molecule has 1 amide bonds. The van der Waals surface area contributed by atoms with Gasteiger partial charge >= 0.3 is 23.3 Å². The number of hydrogen-bond donors (Lipinski definition) is 4. The summed E-state index contributed by atoms with van der Waals surface area (Å²) in [5.74, 6) is -6.22. The Hall–Kier alpha value is -10.7. The first-order valence-electron chi connectivity index (χ1n) is 26.8. The maximum absolute atomic E-state index is 12.9. The molecule has 4 N–H and O–H groups in total. The van der Waals surface area contributed by atoms with Crippen molar-refractivity contribution in [1.82, 2.24) is 0 Å². The molecule has 6 aromatic carbocycles. The molecule has 8 rings (SSSR count). The van der Waals surface area contributed by atoms with Gasteiger partial charge < -0.3 is 49.9 Å². The molecule has 0 atom stereocenters. The number of nitro benzene ring substituents is 2. The molecule has 1 radical (unpaired) electrons. The number of nitrogens with one attached hydrogen (secondary N) is 3. The van der Waals surface area contributed by atoms with Gasteiger partial charge in [0.05, 0.1) is 60.6 Å². The zero-order chi connectivity index (χ0) is 67.1. The van der Waals surface area contributed by atoms with Crippen LogP contribution < -0.4 is 46.5 Å². The van der Waals surface area contributed by atoms with E-state index >= 15 is 0 Å². The molecule has 1 aliphatic carbocycles. The van der Waals surface area contributed by atoms with Crippen LogP contribution in [0.25, 0.3) is 33.4 Å². The van der Waals surface area contributed by atoms with Gasteiger partial charge in [-0.15, -0.1) is 16.6 Å².